The first-order valence-electron chi connectivity index (χ1n) is 11.5. The van der Waals surface area contributed by atoms with Gasteiger partial charge in [-0.3, -0.25) is 4.68 Å². The van der Waals surface area contributed by atoms with E-state index >= 15 is 0 Å². The minimum Gasteiger partial charge on any atom is -0.341 e. The average Bonchev–Trinajstić information content (AvgIpc) is 3.16. The van der Waals surface area contributed by atoms with Crippen molar-refractivity contribution in [2.45, 2.75) is 19.3 Å². The number of fused-ring (bicyclic) bond motifs is 3. The number of anilines is 1. The highest BCUT2D eigenvalue weighted by atomic mass is 15.3. The summed E-state index contributed by atoms with van der Waals surface area (Å²) in [5.74, 6) is 0.882. The normalized spacial score (nSPS) is 15.3. The molecule has 4 aromatic rings. The van der Waals surface area contributed by atoms with E-state index in [2.05, 4.69) is 102 Å². The summed E-state index contributed by atoms with van der Waals surface area (Å²) in [7, 11) is 4.18. The molecular weight excluding hydrogens is 406 g/mol. The average molecular weight is 434 g/mol. The maximum Gasteiger partial charge on any atom is 0.203 e. The molecule has 0 saturated carbocycles. The summed E-state index contributed by atoms with van der Waals surface area (Å²) >= 11 is 0. The van der Waals surface area contributed by atoms with Gasteiger partial charge >= 0.3 is 0 Å². The second-order valence-corrected chi connectivity index (χ2v) is 8.95. The number of aromatic nitrogens is 2. The molecule has 0 bridgehead atoms. The Hall–Kier alpha value is -3.86. The fraction of sp³-hybridized carbons (Fsp3) is 0.214. The van der Waals surface area contributed by atoms with Crippen LogP contribution in [0.15, 0.2) is 83.4 Å². The van der Waals surface area contributed by atoms with E-state index in [-0.39, 0.29) is 0 Å². The molecule has 1 aliphatic carbocycles. The molecule has 164 valence electrons. The van der Waals surface area contributed by atoms with Crippen LogP contribution in [0.4, 0.5) is 5.69 Å². The second kappa shape index (κ2) is 7.93. The van der Waals surface area contributed by atoms with Crippen molar-refractivity contribution in [3.05, 3.63) is 101 Å². The third kappa shape index (κ3) is 3.50. The Labute approximate surface area is 194 Å². The summed E-state index contributed by atoms with van der Waals surface area (Å²) in [6.07, 6.45) is 2.85. The van der Waals surface area contributed by atoms with Gasteiger partial charge in [0.2, 0.25) is 5.96 Å². The van der Waals surface area contributed by atoms with Gasteiger partial charge in [-0.2, -0.15) is 5.10 Å². The monoisotopic (exact) mass is 433 g/mol. The Morgan fingerprint density at radius 3 is 2.55 bits per heavy atom. The summed E-state index contributed by atoms with van der Waals surface area (Å²) in [6, 6.07) is 25.5. The van der Waals surface area contributed by atoms with E-state index in [1.165, 1.54) is 38.9 Å². The maximum atomic E-state index is 5.20. The van der Waals surface area contributed by atoms with Gasteiger partial charge in [-0.25, -0.2) is 4.99 Å². The van der Waals surface area contributed by atoms with Crippen molar-refractivity contribution in [1.29, 1.82) is 0 Å². The van der Waals surface area contributed by atoms with Crippen molar-refractivity contribution in [1.82, 2.24) is 14.7 Å². The highest BCUT2D eigenvalue weighted by Crippen LogP contribution is 2.38. The third-order valence-electron chi connectivity index (χ3n) is 6.73. The summed E-state index contributed by atoms with van der Waals surface area (Å²) in [6.45, 7) is 0.880. The van der Waals surface area contributed by atoms with Crippen LogP contribution < -0.4 is 5.32 Å². The first kappa shape index (κ1) is 19.8. The number of aliphatic imine (C=N–C) groups is 1. The molecule has 2 heterocycles. The van der Waals surface area contributed by atoms with E-state index in [4.69, 9.17) is 10.1 Å². The Bertz CT molecular complexity index is 1410. The summed E-state index contributed by atoms with van der Waals surface area (Å²) in [4.78, 5) is 7.42. The number of rotatable bonds is 3. The molecule has 0 saturated heterocycles. The number of nitrogens with zero attached hydrogens (tertiary/aromatic N) is 4. The van der Waals surface area contributed by atoms with Crippen LogP contribution in [0.5, 0.6) is 0 Å². The molecule has 0 fully saturated rings. The minimum absolute atomic E-state index is 0.855. The van der Waals surface area contributed by atoms with Crippen molar-refractivity contribution >= 4 is 28.1 Å². The molecule has 0 amide bonds. The van der Waals surface area contributed by atoms with E-state index in [1.54, 1.807) is 0 Å². The zero-order valence-corrected chi connectivity index (χ0v) is 19.0. The van der Waals surface area contributed by atoms with Gasteiger partial charge in [0.1, 0.15) is 0 Å². The third-order valence-corrected chi connectivity index (χ3v) is 6.73. The van der Waals surface area contributed by atoms with E-state index < -0.39 is 0 Å². The van der Waals surface area contributed by atoms with Crippen LogP contribution in [0.2, 0.25) is 0 Å². The number of guanidine groups is 1. The summed E-state index contributed by atoms with van der Waals surface area (Å²) in [5, 5.41) is 10.9. The Balaban J connectivity index is 1.41. The molecule has 3 aromatic carbocycles. The molecule has 0 unspecified atom stereocenters. The van der Waals surface area contributed by atoms with Crippen molar-refractivity contribution in [3.8, 4) is 0 Å². The van der Waals surface area contributed by atoms with E-state index in [0.717, 1.165) is 43.2 Å². The molecular formula is C28H27N5. The Kier molecular flexibility index (Phi) is 4.75. The van der Waals surface area contributed by atoms with Crippen LogP contribution >= 0.6 is 0 Å². The number of likely N-dealkylation sites (N-methyl/N-ethyl adjacent to an activating group) is 1. The molecule has 1 aliphatic heterocycles. The highest BCUT2D eigenvalue weighted by molar-refractivity contribution is 6.05. The molecule has 0 spiro atoms. The van der Waals surface area contributed by atoms with Gasteiger partial charge in [0, 0.05) is 43.7 Å². The van der Waals surface area contributed by atoms with Crippen molar-refractivity contribution in [2.75, 3.05) is 18.9 Å². The Morgan fingerprint density at radius 2 is 1.67 bits per heavy atom. The minimum atomic E-state index is 0.855. The molecule has 6 rings (SSSR count). The van der Waals surface area contributed by atoms with E-state index in [1.807, 2.05) is 0 Å². The lowest BCUT2D eigenvalue weighted by Crippen LogP contribution is -2.38. The maximum absolute atomic E-state index is 5.20. The molecule has 33 heavy (non-hydrogen) atoms. The largest absolute Gasteiger partial charge is 0.341 e. The van der Waals surface area contributed by atoms with Gasteiger partial charge in [-0.1, -0.05) is 66.7 Å². The van der Waals surface area contributed by atoms with Crippen LogP contribution in [0.3, 0.4) is 0 Å². The number of hydrogen-bond donors (Lipinski definition) is 1. The number of hydrogen-bond acceptors (Lipinski definition) is 4. The predicted octanol–water partition coefficient (Wildman–Crippen LogP) is 5.23. The molecule has 1 N–H and O–H groups in total. The first-order valence-corrected chi connectivity index (χ1v) is 11.5. The zero-order chi connectivity index (χ0) is 22.4. The van der Waals surface area contributed by atoms with Gasteiger partial charge in [-0.15, -0.1) is 0 Å². The molecule has 0 radical (unpaired) electrons. The van der Waals surface area contributed by atoms with Gasteiger partial charge in [0.05, 0.1) is 17.1 Å². The van der Waals surface area contributed by atoms with Crippen LogP contribution in [0.1, 0.15) is 28.9 Å². The highest BCUT2D eigenvalue weighted by Gasteiger charge is 2.30. The van der Waals surface area contributed by atoms with E-state index in [0.29, 0.717) is 0 Å². The van der Waals surface area contributed by atoms with Gasteiger partial charge < -0.3 is 10.2 Å². The number of aryl methyl sites for hydroxylation is 2. The van der Waals surface area contributed by atoms with Gasteiger partial charge in [0.15, 0.2) is 0 Å². The molecule has 5 nitrogen and oxygen atoms in total. The quantitative estimate of drug-likeness (QED) is 0.481. The van der Waals surface area contributed by atoms with Crippen molar-refractivity contribution in [3.63, 3.8) is 0 Å². The lowest BCUT2D eigenvalue weighted by Gasteiger charge is -2.31. The smallest absolute Gasteiger partial charge is 0.203 e. The fourth-order valence-corrected chi connectivity index (χ4v) is 5.04. The van der Waals surface area contributed by atoms with Gasteiger partial charge in [-0.05, 0) is 35.4 Å². The fourth-order valence-electron chi connectivity index (χ4n) is 5.04. The molecule has 2 aliphatic rings. The molecule has 1 aromatic heterocycles. The van der Waals surface area contributed by atoms with Gasteiger partial charge in [0.25, 0.3) is 0 Å². The van der Waals surface area contributed by atoms with E-state index in [9.17, 15) is 0 Å². The molecule has 5 heteroatoms. The predicted molar refractivity (Wildman–Crippen MR) is 135 cm³/mol. The topological polar surface area (TPSA) is 45.4 Å². The van der Waals surface area contributed by atoms with Crippen LogP contribution in [0, 0.1) is 0 Å². The lowest BCUT2D eigenvalue weighted by atomic mass is 9.90. The molecule has 0 atom stereocenters. The van der Waals surface area contributed by atoms with Crippen molar-refractivity contribution in [2.24, 2.45) is 12.0 Å². The van der Waals surface area contributed by atoms with Crippen molar-refractivity contribution < 1.29 is 0 Å². The number of nitrogens with one attached hydrogen (secondary N) is 1. The van der Waals surface area contributed by atoms with Crippen LogP contribution in [-0.2, 0) is 19.9 Å². The standard InChI is InChI=1S/C28H27N5/c1-32-18-21-15-16-24-26(25(33(2)31-24)17-19-9-4-3-5-10-19)27(21)30-28(32)29-23-14-8-12-20-11-6-7-13-22(20)23/h3-14H,15-18H2,1-2H3,(H,29,30). The first-order chi connectivity index (χ1) is 16.2. The zero-order valence-electron chi connectivity index (χ0n) is 19.0. The SMILES string of the molecule is CN1CC2=C(N=C1Nc1cccc3ccccc13)c1c(nn(C)c1Cc1ccccc1)CC2. The lowest BCUT2D eigenvalue weighted by molar-refractivity contribution is 0.527. The Morgan fingerprint density at radius 1 is 0.879 bits per heavy atom. The van der Waals surface area contributed by atoms with Crippen LogP contribution in [0.25, 0.3) is 16.5 Å². The second-order valence-electron chi connectivity index (χ2n) is 8.95. The summed E-state index contributed by atoms with van der Waals surface area (Å²) < 4.78 is 2.05. The van der Waals surface area contributed by atoms with Crippen LogP contribution in [-0.4, -0.2) is 34.2 Å². The summed E-state index contributed by atoms with van der Waals surface area (Å²) in [5.41, 5.74) is 8.51. The number of benzene rings is 3.